The van der Waals surface area contributed by atoms with Gasteiger partial charge in [-0.15, -0.1) is 0 Å². The van der Waals surface area contributed by atoms with Crippen LogP contribution in [0.4, 0.5) is 0 Å². The van der Waals surface area contributed by atoms with Gasteiger partial charge in [0.2, 0.25) is 0 Å². The van der Waals surface area contributed by atoms with Gasteiger partial charge in [0.05, 0.1) is 11.7 Å². The fourth-order valence-electron chi connectivity index (χ4n) is 2.84. The van der Waals surface area contributed by atoms with Crippen LogP contribution in [-0.4, -0.2) is 16.3 Å². The van der Waals surface area contributed by atoms with Crippen LogP contribution in [0.3, 0.4) is 0 Å². The molecular weight excluding hydrogens is 258 g/mol. The maximum absolute atomic E-state index is 4.56. The number of aryl methyl sites for hydroxylation is 1. The second-order valence-corrected chi connectivity index (χ2v) is 5.37. The zero-order valence-corrected chi connectivity index (χ0v) is 12.6. The molecule has 3 aromatic rings. The van der Waals surface area contributed by atoms with E-state index in [1.54, 1.807) is 0 Å². The Morgan fingerprint density at radius 1 is 1.10 bits per heavy atom. The highest BCUT2D eigenvalue weighted by molar-refractivity contribution is 5.85. The van der Waals surface area contributed by atoms with Crippen molar-refractivity contribution in [2.75, 3.05) is 6.54 Å². The summed E-state index contributed by atoms with van der Waals surface area (Å²) in [5, 5.41) is 10.7. The molecule has 1 heterocycles. The predicted molar refractivity (Wildman–Crippen MR) is 87.3 cm³/mol. The summed E-state index contributed by atoms with van der Waals surface area (Å²) in [7, 11) is 1.96. The van der Waals surface area contributed by atoms with E-state index in [9.17, 15) is 0 Å². The summed E-state index contributed by atoms with van der Waals surface area (Å²) in [6, 6.07) is 17.4. The van der Waals surface area contributed by atoms with Gasteiger partial charge in [0.25, 0.3) is 0 Å². The lowest BCUT2D eigenvalue weighted by molar-refractivity contribution is 0.529. The first-order chi connectivity index (χ1) is 10.3. The highest BCUT2D eigenvalue weighted by Gasteiger charge is 2.15. The van der Waals surface area contributed by atoms with Gasteiger partial charge in [0, 0.05) is 13.2 Å². The number of hydrogen-bond donors (Lipinski definition) is 1. The van der Waals surface area contributed by atoms with Gasteiger partial charge in [-0.1, -0.05) is 49.4 Å². The quantitative estimate of drug-likeness (QED) is 0.775. The fraction of sp³-hybridized carbons (Fsp3) is 0.278. The van der Waals surface area contributed by atoms with E-state index < -0.39 is 0 Å². The molecule has 1 N–H and O–H groups in total. The summed E-state index contributed by atoms with van der Waals surface area (Å²) in [5.74, 6) is 0. The van der Waals surface area contributed by atoms with Gasteiger partial charge in [-0.3, -0.25) is 4.68 Å². The first-order valence-corrected chi connectivity index (χ1v) is 7.47. The van der Waals surface area contributed by atoms with Crippen molar-refractivity contribution < 1.29 is 0 Å². The van der Waals surface area contributed by atoms with Crippen LogP contribution >= 0.6 is 0 Å². The maximum atomic E-state index is 4.56. The summed E-state index contributed by atoms with van der Waals surface area (Å²) >= 11 is 0. The van der Waals surface area contributed by atoms with Crippen LogP contribution in [0.15, 0.2) is 54.7 Å². The van der Waals surface area contributed by atoms with Crippen LogP contribution in [0.2, 0.25) is 0 Å². The molecule has 3 rings (SSSR count). The Morgan fingerprint density at radius 3 is 2.67 bits per heavy atom. The zero-order chi connectivity index (χ0) is 14.7. The number of aromatic nitrogens is 2. The Kier molecular flexibility index (Phi) is 4.02. The summed E-state index contributed by atoms with van der Waals surface area (Å²) in [6.45, 7) is 3.07. The molecule has 1 aromatic heterocycles. The Morgan fingerprint density at radius 2 is 1.90 bits per heavy atom. The number of hydrogen-bond acceptors (Lipinski definition) is 2. The van der Waals surface area contributed by atoms with Crippen LogP contribution in [0.25, 0.3) is 10.8 Å². The SMILES string of the molecule is CCNC(Cc1cccc2ccccc12)c1ccn(C)n1. The molecule has 0 amide bonds. The number of rotatable bonds is 5. The zero-order valence-electron chi connectivity index (χ0n) is 12.6. The van der Waals surface area contributed by atoms with E-state index in [0.29, 0.717) is 0 Å². The van der Waals surface area contributed by atoms with Gasteiger partial charge in [0.15, 0.2) is 0 Å². The largest absolute Gasteiger partial charge is 0.309 e. The Balaban J connectivity index is 1.94. The molecule has 0 aliphatic heterocycles. The minimum absolute atomic E-state index is 0.252. The van der Waals surface area contributed by atoms with Gasteiger partial charge in [-0.2, -0.15) is 5.10 Å². The average molecular weight is 279 g/mol. The molecule has 0 aliphatic rings. The minimum Gasteiger partial charge on any atom is -0.309 e. The molecule has 0 saturated carbocycles. The lowest BCUT2D eigenvalue weighted by atomic mass is 9.97. The summed E-state index contributed by atoms with van der Waals surface area (Å²) < 4.78 is 1.86. The molecule has 1 unspecified atom stereocenters. The number of fused-ring (bicyclic) bond motifs is 1. The third-order valence-electron chi connectivity index (χ3n) is 3.85. The Hall–Kier alpha value is -2.13. The second-order valence-electron chi connectivity index (χ2n) is 5.37. The molecular formula is C18H21N3. The van der Waals surface area contributed by atoms with Crippen molar-refractivity contribution in [2.24, 2.45) is 7.05 Å². The van der Waals surface area contributed by atoms with Gasteiger partial charge in [0.1, 0.15) is 0 Å². The first-order valence-electron chi connectivity index (χ1n) is 7.47. The van der Waals surface area contributed by atoms with Crippen LogP contribution in [0.5, 0.6) is 0 Å². The number of nitrogens with one attached hydrogen (secondary N) is 1. The first kappa shape index (κ1) is 13.8. The molecule has 1 atom stereocenters. The smallest absolute Gasteiger partial charge is 0.0797 e. The molecule has 3 nitrogen and oxygen atoms in total. The molecule has 3 heteroatoms. The minimum atomic E-state index is 0.252. The van der Waals surface area contributed by atoms with Crippen molar-refractivity contribution in [3.8, 4) is 0 Å². The highest BCUT2D eigenvalue weighted by atomic mass is 15.3. The van der Waals surface area contributed by atoms with Gasteiger partial charge >= 0.3 is 0 Å². The molecule has 108 valence electrons. The van der Waals surface area contributed by atoms with Gasteiger partial charge in [-0.05, 0) is 35.4 Å². The van der Waals surface area contributed by atoms with Crippen LogP contribution in [0.1, 0.15) is 24.2 Å². The highest BCUT2D eigenvalue weighted by Crippen LogP contribution is 2.24. The third-order valence-corrected chi connectivity index (χ3v) is 3.85. The van der Waals surface area contributed by atoms with E-state index in [0.717, 1.165) is 18.7 Å². The van der Waals surface area contributed by atoms with Crippen LogP contribution in [-0.2, 0) is 13.5 Å². The van der Waals surface area contributed by atoms with E-state index in [4.69, 9.17) is 0 Å². The van der Waals surface area contributed by atoms with Gasteiger partial charge < -0.3 is 5.32 Å². The second kappa shape index (κ2) is 6.10. The standard InChI is InChI=1S/C18H21N3/c1-3-19-18(17-11-12-21(2)20-17)13-15-9-6-8-14-7-4-5-10-16(14)15/h4-12,18-19H,3,13H2,1-2H3. The summed E-state index contributed by atoms with van der Waals surface area (Å²) in [6.07, 6.45) is 2.95. The molecule has 21 heavy (non-hydrogen) atoms. The summed E-state index contributed by atoms with van der Waals surface area (Å²) in [5.41, 5.74) is 2.47. The van der Waals surface area contributed by atoms with Gasteiger partial charge in [-0.25, -0.2) is 0 Å². The molecule has 0 saturated heterocycles. The normalized spacial score (nSPS) is 12.7. The van der Waals surface area contributed by atoms with Crippen molar-refractivity contribution in [1.29, 1.82) is 0 Å². The van der Waals surface area contributed by atoms with Crippen molar-refractivity contribution in [3.05, 3.63) is 66.0 Å². The monoisotopic (exact) mass is 279 g/mol. The molecule has 0 fully saturated rings. The maximum Gasteiger partial charge on any atom is 0.0797 e. The van der Waals surface area contributed by atoms with E-state index >= 15 is 0 Å². The number of likely N-dealkylation sites (N-methyl/N-ethyl adjacent to an activating group) is 1. The molecule has 0 bridgehead atoms. The average Bonchev–Trinajstić information content (AvgIpc) is 2.94. The van der Waals surface area contributed by atoms with Crippen LogP contribution < -0.4 is 5.32 Å². The summed E-state index contributed by atoms with van der Waals surface area (Å²) in [4.78, 5) is 0. The van der Waals surface area contributed by atoms with E-state index in [-0.39, 0.29) is 6.04 Å². The Labute approximate surface area is 125 Å². The lowest BCUT2D eigenvalue weighted by Crippen LogP contribution is -2.23. The predicted octanol–water partition coefficient (Wildman–Crippen LogP) is 3.47. The van der Waals surface area contributed by atoms with E-state index in [1.165, 1.54) is 16.3 Å². The van der Waals surface area contributed by atoms with Crippen molar-refractivity contribution >= 4 is 10.8 Å². The number of nitrogens with zero attached hydrogens (tertiary/aromatic N) is 2. The fourth-order valence-corrected chi connectivity index (χ4v) is 2.84. The van der Waals surface area contributed by atoms with Crippen LogP contribution in [0, 0.1) is 0 Å². The lowest BCUT2D eigenvalue weighted by Gasteiger charge is -2.17. The third kappa shape index (κ3) is 2.98. The topological polar surface area (TPSA) is 29.9 Å². The van der Waals surface area contributed by atoms with Crippen molar-refractivity contribution in [3.63, 3.8) is 0 Å². The molecule has 0 radical (unpaired) electrons. The van der Waals surface area contributed by atoms with E-state index in [2.05, 4.69) is 65.9 Å². The Bertz CT molecular complexity index is 725. The van der Waals surface area contributed by atoms with E-state index in [1.807, 2.05) is 17.9 Å². The van der Waals surface area contributed by atoms with Crippen molar-refractivity contribution in [2.45, 2.75) is 19.4 Å². The molecule has 0 spiro atoms. The number of benzene rings is 2. The van der Waals surface area contributed by atoms with Crippen molar-refractivity contribution in [1.82, 2.24) is 15.1 Å². The molecule has 0 aliphatic carbocycles. The molecule has 2 aromatic carbocycles.